The quantitative estimate of drug-likeness (QED) is 0.915. The summed E-state index contributed by atoms with van der Waals surface area (Å²) in [7, 11) is 3.62. The second kappa shape index (κ2) is 4.89. The Balaban J connectivity index is 2.49. The minimum absolute atomic E-state index is 0.896. The maximum Gasteiger partial charge on any atom is 0.127 e. The topological polar surface area (TPSA) is 21.3 Å². The molecule has 0 aliphatic rings. The second-order valence-corrected chi connectivity index (χ2v) is 5.26. The molecular formula is C12H12BrNOS. The van der Waals surface area contributed by atoms with Crippen molar-refractivity contribution < 1.29 is 4.74 Å². The first kappa shape index (κ1) is 11.5. The first-order valence-electron chi connectivity index (χ1n) is 4.86. The summed E-state index contributed by atoms with van der Waals surface area (Å²) in [5.41, 5.74) is 1.11. The predicted octanol–water partition coefficient (Wildman–Crippen LogP) is 4.23. The van der Waals surface area contributed by atoms with E-state index in [1.807, 2.05) is 19.2 Å². The maximum atomic E-state index is 5.36. The van der Waals surface area contributed by atoms with Crippen LogP contribution in [0.4, 0.5) is 5.00 Å². The van der Waals surface area contributed by atoms with E-state index in [2.05, 4.69) is 39.4 Å². The summed E-state index contributed by atoms with van der Waals surface area (Å²) in [4.78, 5) is 1.20. The van der Waals surface area contributed by atoms with Gasteiger partial charge in [-0.15, -0.1) is 11.3 Å². The number of methoxy groups -OCH3 is 1. The molecule has 1 heterocycles. The number of ether oxygens (including phenoxy) is 1. The van der Waals surface area contributed by atoms with Crippen molar-refractivity contribution in [3.05, 3.63) is 34.8 Å². The molecule has 1 N–H and O–H groups in total. The molecule has 2 nitrogen and oxygen atoms in total. The monoisotopic (exact) mass is 297 g/mol. The zero-order valence-electron chi connectivity index (χ0n) is 9.08. The molecule has 4 heteroatoms. The summed E-state index contributed by atoms with van der Waals surface area (Å²) in [5, 5.41) is 4.29. The number of anilines is 1. The molecule has 2 rings (SSSR count). The van der Waals surface area contributed by atoms with Crippen molar-refractivity contribution >= 4 is 32.3 Å². The van der Waals surface area contributed by atoms with E-state index < -0.39 is 0 Å². The summed E-state index contributed by atoms with van der Waals surface area (Å²) >= 11 is 5.19. The highest BCUT2D eigenvalue weighted by Gasteiger charge is 2.08. The van der Waals surface area contributed by atoms with E-state index in [0.717, 1.165) is 20.8 Å². The van der Waals surface area contributed by atoms with Crippen molar-refractivity contribution in [2.75, 3.05) is 19.5 Å². The van der Waals surface area contributed by atoms with Crippen molar-refractivity contribution in [3.8, 4) is 16.2 Å². The van der Waals surface area contributed by atoms with Gasteiger partial charge in [0.25, 0.3) is 0 Å². The number of halogens is 1. The number of nitrogens with one attached hydrogen (secondary N) is 1. The van der Waals surface area contributed by atoms with Gasteiger partial charge in [-0.2, -0.15) is 0 Å². The summed E-state index contributed by atoms with van der Waals surface area (Å²) in [5.74, 6) is 0.896. The van der Waals surface area contributed by atoms with Gasteiger partial charge < -0.3 is 10.1 Å². The summed E-state index contributed by atoms with van der Waals surface area (Å²) in [6.07, 6.45) is 0. The zero-order chi connectivity index (χ0) is 11.5. The third kappa shape index (κ3) is 2.23. The molecule has 0 radical (unpaired) electrons. The molecule has 0 unspecified atom stereocenters. The standard InChI is InChI=1S/C12H12BrNOS/c1-14-12-6-5-11(16-12)9-7-8(13)3-4-10(9)15-2/h3-7,14H,1-2H3. The van der Waals surface area contributed by atoms with E-state index in [1.165, 1.54) is 4.88 Å². The van der Waals surface area contributed by atoms with Crippen molar-refractivity contribution in [1.29, 1.82) is 0 Å². The Morgan fingerprint density at radius 1 is 1.25 bits per heavy atom. The molecule has 0 atom stereocenters. The number of benzene rings is 1. The molecule has 0 aliphatic carbocycles. The number of rotatable bonds is 3. The molecule has 0 saturated carbocycles. The lowest BCUT2D eigenvalue weighted by atomic mass is 10.1. The van der Waals surface area contributed by atoms with Crippen molar-refractivity contribution in [2.45, 2.75) is 0 Å². The molecule has 0 bridgehead atoms. The van der Waals surface area contributed by atoms with Crippen LogP contribution in [-0.2, 0) is 0 Å². The molecule has 0 amide bonds. The molecule has 0 spiro atoms. The second-order valence-electron chi connectivity index (χ2n) is 3.26. The van der Waals surface area contributed by atoms with E-state index in [-0.39, 0.29) is 0 Å². The minimum atomic E-state index is 0.896. The van der Waals surface area contributed by atoms with Crippen LogP contribution in [0.1, 0.15) is 0 Å². The molecule has 1 aromatic heterocycles. The molecule has 16 heavy (non-hydrogen) atoms. The molecular weight excluding hydrogens is 286 g/mol. The summed E-state index contributed by atoms with van der Waals surface area (Å²) < 4.78 is 6.42. The summed E-state index contributed by atoms with van der Waals surface area (Å²) in [6, 6.07) is 10.2. The number of hydrogen-bond donors (Lipinski definition) is 1. The normalized spacial score (nSPS) is 10.2. The molecule has 84 valence electrons. The van der Waals surface area contributed by atoms with Gasteiger partial charge in [-0.25, -0.2) is 0 Å². The van der Waals surface area contributed by atoms with Gasteiger partial charge in [0.15, 0.2) is 0 Å². The molecule has 0 aliphatic heterocycles. The van der Waals surface area contributed by atoms with Crippen LogP contribution >= 0.6 is 27.3 Å². The molecule has 1 aromatic carbocycles. The van der Waals surface area contributed by atoms with Gasteiger partial charge in [-0.1, -0.05) is 15.9 Å². The third-order valence-corrected chi connectivity index (χ3v) is 3.91. The highest BCUT2D eigenvalue weighted by Crippen LogP contribution is 2.38. The van der Waals surface area contributed by atoms with Crippen LogP contribution in [0.5, 0.6) is 5.75 Å². The van der Waals surface area contributed by atoms with E-state index in [1.54, 1.807) is 18.4 Å². The van der Waals surface area contributed by atoms with Gasteiger partial charge in [0.1, 0.15) is 5.75 Å². The Bertz CT molecular complexity index is 496. The molecule has 0 saturated heterocycles. The van der Waals surface area contributed by atoms with Crippen LogP contribution in [-0.4, -0.2) is 14.2 Å². The van der Waals surface area contributed by atoms with Gasteiger partial charge in [0, 0.05) is 22.0 Å². The van der Waals surface area contributed by atoms with Gasteiger partial charge in [-0.05, 0) is 30.3 Å². The van der Waals surface area contributed by atoms with Crippen molar-refractivity contribution in [1.82, 2.24) is 0 Å². The lowest BCUT2D eigenvalue weighted by molar-refractivity contribution is 0.416. The van der Waals surface area contributed by atoms with Gasteiger partial charge in [0.2, 0.25) is 0 Å². The van der Waals surface area contributed by atoms with Crippen LogP contribution in [0.3, 0.4) is 0 Å². The van der Waals surface area contributed by atoms with E-state index in [9.17, 15) is 0 Å². The Hall–Kier alpha value is -1.00. The van der Waals surface area contributed by atoms with Crippen molar-refractivity contribution in [3.63, 3.8) is 0 Å². The largest absolute Gasteiger partial charge is 0.496 e. The van der Waals surface area contributed by atoms with Crippen molar-refractivity contribution in [2.24, 2.45) is 0 Å². The molecule has 0 fully saturated rings. The van der Waals surface area contributed by atoms with Crippen LogP contribution in [0.2, 0.25) is 0 Å². The van der Waals surface area contributed by atoms with Crippen LogP contribution in [0, 0.1) is 0 Å². The van der Waals surface area contributed by atoms with Gasteiger partial charge in [-0.3, -0.25) is 0 Å². The lowest BCUT2D eigenvalue weighted by Crippen LogP contribution is -1.86. The Morgan fingerprint density at radius 2 is 2.06 bits per heavy atom. The fourth-order valence-electron chi connectivity index (χ4n) is 1.49. The molecule has 2 aromatic rings. The Morgan fingerprint density at radius 3 is 2.69 bits per heavy atom. The fourth-order valence-corrected chi connectivity index (χ4v) is 2.73. The highest BCUT2D eigenvalue weighted by molar-refractivity contribution is 9.10. The van der Waals surface area contributed by atoms with E-state index in [0.29, 0.717) is 0 Å². The van der Waals surface area contributed by atoms with Crippen LogP contribution < -0.4 is 10.1 Å². The lowest BCUT2D eigenvalue weighted by Gasteiger charge is -2.06. The first-order valence-corrected chi connectivity index (χ1v) is 6.47. The van der Waals surface area contributed by atoms with E-state index in [4.69, 9.17) is 4.74 Å². The van der Waals surface area contributed by atoms with Crippen LogP contribution in [0.25, 0.3) is 10.4 Å². The number of hydrogen-bond acceptors (Lipinski definition) is 3. The highest BCUT2D eigenvalue weighted by atomic mass is 79.9. The fraction of sp³-hybridized carbons (Fsp3) is 0.167. The van der Waals surface area contributed by atoms with Gasteiger partial charge >= 0.3 is 0 Å². The SMILES string of the molecule is CNc1ccc(-c2cc(Br)ccc2OC)s1. The number of thiophene rings is 1. The average Bonchev–Trinajstić information content (AvgIpc) is 2.77. The smallest absolute Gasteiger partial charge is 0.127 e. The average molecular weight is 298 g/mol. The first-order chi connectivity index (χ1) is 7.74. The Labute approximate surface area is 107 Å². The Kier molecular flexibility index (Phi) is 3.51. The third-order valence-electron chi connectivity index (χ3n) is 2.28. The van der Waals surface area contributed by atoms with Gasteiger partial charge in [0.05, 0.1) is 12.1 Å². The van der Waals surface area contributed by atoms with E-state index >= 15 is 0 Å². The van der Waals surface area contributed by atoms with Crippen LogP contribution in [0.15, 0.2) is 34.8 Å². The maximum absolute atomic E-state index is 5.36. The predicted molar refractivity (Wildman–Crippen MR) is 73.6 cm³/mol. The summed E-state index contributed by atoms with van der Waals surface area (Å²) in [6.45, 7) is 0. The zero-order valence-corrected chi connectivity index (χ0v) is 11.5. The minimum Gasteiger partial charge on any atom is -0.496 e.